The van der Waals surface area contributed by atoms with Crippen molar-refractivity contribution in [3.63, 3.8) is 0 Å². The Balaban J connectivity index is 2.02. The molecule has 0 aliphatic heterocycles. The van der Waals surface area contributed by atoms with E-state index < -0.39 is 0 Å². The van der Waals surface area contributed by atoms with Gasteiger partial charge in [0.25, 0.3) is 0 Å². The lowest BCUT2D eigenvalue weighted by molar-refractivity contribution is 0.683. The van der Waals surface area contributed by atoms with Crippen LogP contribution in [0.3, 0.4) is 0 Å². The summed E-state index contributed by atoms with van der Waals surface area (Å²) in [7, 11) is 0. The van der Waals surface area contributed by atoms with E-state index in [9.17, 15) is 0 Å². The fourth-order valence-corrected chi connectivity index (χ4v) is 1.94. The van der Waals surface area contributed by atoms with Gasteiger partial charge in [0, 0.05) is 24.5 Å². The molecule has 0 amide bonds. The minimum atomic E-state index is 0.646. The van der Waals surface area contributed by atoms with Crippen LogP contribution in [-0.4, -0.2) is 26.5 Å². The quantitative estimate of drug-likeness (QED) is 0.783. The standard InChI is InChI=1S/C15H21N5/c1-3-4-5-6-10-17-15-19-12(2)18-14(20-15)13-8-7-9-16-11-13/h7-9,11H,3-6,10H2,1-2H3,(H,17,18,19,20). The molecule has 0 aromatic carbocycles. The van der Waals surface area contributed by atoms with E-state index in [2.05, 4.69) is 32.2 Å². The molecule has 0 atom stereocenters. The molecule has 0 fully saturated rings. The Bertz CT molecular complexity index is 527. The highest BCUT2D eigenvalue weighted by molar-refractivity contribution is 5.54. The number of unbranched alkanes of at least 4 members (excludes halogenated alkanes) is 3. The van der Waals surface area contributed by atoms with Gasteiger partial charge in [-0.2, -0.15) is 9.97 Å². The number of anilines is 1. The van der Waals surface area contributed by atoms with Crippen molar-refractivity contribution in [1.82, 2.24) is 19.9 Å². The number of nitrogens with zero attached hydrogens (tertiary/aromatic N) is 4. The molecular formula is C15H21N5. The van der Waals surface area contributed by atoms with E-state index in [-0.39, 0.29) is 0 Å². The lowest BCUT2D eigenvalue weighted by Gasteiger charge is -2.07. The van der Waals surface area contributed by atoms with E-state index >= 15 is 0 Å². The van der Waals surface area contributed by atoms with Crippen molar-refractivity contribution in [2.75, 3.05) is 11.9 Å². The molecule has 0 bridgehead atoms. The first-order valence-corrected chi connectivity index (χ1v) is 7.16. The predicted octanol–water partition coefficient (Wildman–Crippen LogP) is 3.23. The second-order valence-corrected chi connectivity index (χ2v) is 4.76. The fourth-order valence-electron chi connectivity index (χ4n) is 1.94. The molecule has 5 heteroatoms. The number of rotatable bonds is 7. The van der Waals surface area contributed by atoms with Gasteiger partial charge >= 0.3 is 0 Å². The normalized spacial score (nSPS) is 10.5. The Morgan fingerprint density at radius 3 is 2.75 bits per heavy atom. The number of pyridine rings is 1. The second kappa shape index (κ2) is 7.53. The summed E-state index contributed by atoms with van der Waals surface area (Å²) in [5.74, 6) is 2.03. The van der Waals surface area contributed by atoms with Gasteiger partial charge in [0.2, 0.25) is 5.95 Å². The Kier molecular flexibility index (Phi) is 5.41. The summed E-state index contributed by atoms with van der Waals surface area (Å²) in [5, 5.41) is 3.27. The summed E-state index contributed by atoms with van der Waals surface area (Å²) in [6.45, 7) is 4.99. The number of hydrogen-bond donors (Lipinski definition) is 1. The van der Waals surface area contributed by atoms with E-state index in [0.29, 0.717) is 11.8 Å². The van der Waals surface area contributed by atoms with Crippen LogP contribution in [0.4, 0.5) is 5.95 Å². The van der Waals surface area contributed by atoms with Crippen molar-refractivity contribution in [2.45, 2.75) is 39.5 Å². The highest BCUT2D eigenvalue weighted by Crippen LogP contribution is 2.14. The summed E-state index contributed by atoms with van der Waals surface area (Å²) in [6.07, 6.45) is 8.41. The van der Waals surface area contributed by atoms with Crippen LogP contribution in [0.15, 0.2) is 24.5 Å². The molecule has 0 radical (unpaired) electrons. The van der Waals surface area contributed by atoms with Gasteiger partial charge in [-0.3, -0.25) is 4.98 Å². The van der Waals surface area contributed by atoms with Gasteiger partial charge in [0.15, 0.2) is 5.82 Å². The Morgan fingerprint density at radius 2 is 2.00 bits per heavy atom. The van der Waals surface area contributed by atoms with Gasteiger partial charge in [-0.25, -0.2) is 4.98 Å². The van der Waals surface area contributed by atoms with Crippen molar-refractivity contribution in [3.8, 4) is 11.4 Å². The SMILES string of the molecule is CCCCCCNc1nc(C)nc(-c2cccnc2)n1. The molecule has 0 saturated carbocycles. The monoisotopic (exact) mass is 271 g/mol. The Labute approximate surface area is 119 Å². The molecule has 1 N–H and O–H groups in total. The van der Waals surface area contributed by atoms with Crippen LogP contribution < -0.4 is 5.32 Å². The van der Waals surface area contributed by atoms with Gasteiger partial charge in [0.05, 0.1) is 0 Å². The van der Waals surface area contributed by atoms with Crippen LogP contribution in [0.25, 0.3) is 11.4 Å². The number of aryl methyl sites for hydroxylation is 1. The number of nitrogens with one attached hydrogen (secondary N) is 1. The minimum Gasteiger partial charge on any atom is -0.354 e. The molecule has 20 heavy (non-hydrogen) atoms. The van der Waals surface area contributed by atoms with Crippen molar-refractivity contribution in [1.29, 1.82) is 0 Å². The van der Waals surface area contributed by atoms with E-state index in [0.717, 1.165) is 24.4 Å². The van der Waals surface area contributed by atoms with E-state index in [1.165, 1.54) is 19.3 Å². The van der Waals surface area contributed by atoms with Crippen molar-refractivity contribution in [3.05, 3.63) is 30.4 Å². The van der Waals surface area contributed by atoms with Crippen LogP contribution in [-0.2, 0) is 0 Å². The van der Waals surface area contributed by atoms with Crippen LogP contribution in [0.5, 0.6) is 0 Å². The lowest BCUT2D eigenvalue weighted by atomic mass is 10.2. The Morgan fingerprint density at radius 1 is 1.10 bits per heavy atom. The largest absolute Gasteiger partial charge is 0.354 e. The molecule has 2 rings (SSSR count). The first kappa shape index (κ1) is 14.4. The summed E-state index contributed by atoms with van der Waals surface area (Å²) in [6, 6.07) is 3.83. The van der Waals surface area contributed by atoms with Gasteiger partial charge in [-0.1, -0.05) is 26.2 Å². The minimum absolute atomic E-state index is 0.646. The molecule has 2 aromatic rings. The molecule has 0 aliphatic rings. The molecule has 106 valence electrons. The van der Waals surface area contributed by atoms with E-state index in [4.69, 9.17) is 0 Å². The molecule has 0 saturated heterocycles. The highest BCUT2D eigenvalue weighted by atomic mass is 15.2. The molecule has 0 spiro atoms. The third-order valence-electron chi connectivity index (χ3n) is 2.98. The first-order valence-electron chi connectivity index (χ1n) is 7.16. The maximum absolute atomic E-state index is 4.45. The zero-order valence-electron chi connectivity index (χ0n) is 12.1. The van der Waals surface area contributed by atoms with E-state index in [1.54, 1.807) is 12.4 Å². The maximum atomic E-state index is 4.45. The molecular weight excluding hydrogens is 250 g/mol. The van der Waals surface area contributed by atoms with Crippen LogP contribution >= 0.6 is 0 Å². The third kappa shape index (κ3) is 4.26. The zero-order chi connectivity index (χ0) is 14.2. The number of aromatic nitrogens is 4. The van der Waals surface area contributed by atoms with E-state index in [1.807, 2.05) is 19.1 Å². The maximum Gasteiger partial charge on any atom is 0.226 e. The lowest BCUT2D eigenvalue weighted by Crippen LogP contribution is -2.08. The van der Waals surface area contributed by atoms with Crippen molar-refractivity contribution < 1.29 is 0 Å². The fraction of sp³-hybridized carbons (Fsp3) is 0.467. The average Bonchev–Trinajstić information content (AvgIpc) is 2.47. The molecule has 5 nitrogen and oxygen atoms in total. The predicted molar refractivity (Wildman–Crippen MR) is 80.4 cm³/mol. The molecule has 0 aliphatic carbocycles. The van der Waals surface area contributed by atoms with Crippen LogP contribution in [0.1, 0.15) is 38.4 Å². The third-order valence-corrected chi connectivity index (χ3v) is 2.98. The van der Waals surface area contributed by atoms with Crippen LogP contribution in [0.2, 0.25) is 0 Å². The second-order valence-electron chi connectivity index (χ2n) is 4.76. The average molecular weight is 271 g/mol. The van der Waals surface area contributed by atoms with Crippen molar-refractivity contribution >= 4 is 5.95 Å². The number of hydrogen-bond acceptors (Lipinski definition) is 5. The summed E-state index contributed by atoms with van der Waals surface area (Å²) in [4.78, 5) is 17.2. The highest BCUT2D eigenvalue weighted by Gasteiger charge is 2.05. The van der Waals surface area contributed by atoms with Gasteiger partial charge in [0.1, 0.15) is 5.82 Å². The van der Waals surface area contributed by atoms with Crippen LogP contribution in [0, 0.1) is 6.92 Å². The smallest absolute Gasteiger partial charge is 0.226 e. The molecule has 0 unspecified atom stereocenters. The Hall–Kier alpha value is -2.04. The van der Waals surface area contributed by atoms with Gasteiger partial charge < -0.3 is 5.32 Å². The topological polar surface area (TPSA) is 63.6 Å². The summed E-state index contributed by atoms with van der Waals surface area (Å²) >= 11 is 0. The summed E-state index contributed by atoms with van der Waals surface area (Å²) in [5.41, 5.74) is 0.909. The molecule has 2 heterocycles. The van der Waals surface area contributed by atoms with Crippen molar-refractivity contribution in [2.24, 2.45) is 0 Å². The van der Waals surface area contributed by atoms with Gasteiger partial charge in [-0.05, 0) is 25.5 Å². The summed E-state index contributed by atoms with van der Waals surface area (Å²) < 4.78 is 0. The first-order chi connectivity index (χ1) is 9.79. The molecule has 2 aromatic heterocycles. The zero-order valence-corrected chi connectivity index (χ0v) is 12.1. The van der Waals surface area contributed by atoms with Gasteiger partial charge in [-0.15, -0.1) is 0 Å².